The molecule has 2 aromatic rings. The highest BCUT2D eigenvalue weighted by atomic mass is 32.1. The highest BCUT2D eigenvalue weighted by molar-refractivity contribution is 7.80. The van der Waals surface area contributed by atoms with Crippen molar-refractivity contribution in [3.63, 3.8) is 0 Å². The number of hydrogen-bond acceptors (Lipinski definition) is 5. The number of thiocarbonyl (C=S) groups is 1. The Bertz CT molecular complexity index is 939. The largest absolute Gasteiger partial charge is 0.463 e. The van der Waals surface area contributed by atoms with Gasteiger partial charge in [-0.3, -0.25) is 14.9 Å². The van der Waals surface area contributed by atoms with Crippen molar-refractivity contribution < 1.29 is 19.1 Å². The lowest BCUT2D eigenvalue weighted by molar-refractivity contribution is -0.137. The van der Waals surface area contributed by atoms with Crippen LogP contribution in [0.2, 0.25) is 0 Å². The summed E-state index contributed by atoms with van der Waals surface area (Å²) in [4.78, 5) is 35.2. The van der Waals surface area contributed by atoms with E-state index in [0.717, 1.165) is 17.7 Å². The monoisotopic (exact) mass is 411 g/mol. The Kier molecular flexibility index (Phi) is 8.05. The molecule has 3 N–H and O–H groups in total. The van der Waals surface area contributed by atoms with E-state index in [-0.39, 0.29) is 17.6 Å². The minimum atomic E-state index is -0.607. The Labute approximate surface area is 174 Å². The number of nitrogens with one attached hydrogen (secondary N) is 3. The highest BCUT2D eigenvalue weighted by Gasteiger charge is 2.09. The summed E-state index contributed by atoms with van der Waals surface area (Å²) in [5, 5.41) is 8.16. The molecule has 29 heavy (non-hydrogen) atoms. The van der Waals surface area contributed by atoms with Crippen molar-refractivity contribution in [2.24, 2.45) is 0 Å². The second-order valence-electron chi connectivity index (χ2n) is 5.88. The van der Waals surface area contributed by atoms with E-state index >= 15 is 0 Å². The number of benzene rings is 2. The van der Waals surface area contributed by atoms with E-state index in [2.05, 4.69) is 20.7 Å². The lowest BCUT2D eigenvalue weighted by Gasteiger charge is -2.10. The van der Waals surface area contributed by atoms with Crippen molar-refractivity contribution in [1.29, 1.82) is 0 Å². The maximum Gasteiger partial charge on any atom is 0.330 e. The van der Waals surface area contributed by atoms with Crippen molar-refractivity contribution in [3.05, 3.63) is 71.8 Å². The molecule has 0 aliphatic heterocycles. The Hall–Kier alpha value is -3.52. The zero-order chi connectivity index (χ0) is 21.2. The normalized spacial score (nSPS) is 10.3. The van der Waals surface area contributed by atoms with Gasteiger partial charge in [0.15, 0.2) is 5.11 Å². The SMILES string of the molecule is CCOC(=O)/C=C/C(=O)NC(=S)Nc1ccc(NC(=O)c2ccccc2C)cc1. The van der Waals surface area contributed by atoms with Crippen LogP contribution in [0.5, 0.6) is 0 Å². The molecule has 8 heteroatoms. The molecule has 0 saturated carbocycles. The molecule has 0 fully saturated rings. The lowest BCUT2D eigenvalue weighted by atomic mass is 10.1. The summed E-state index contributed by atoms with van der Waals surface area (Å²) in [5.41, 5.74) is 2.74. The fourth-order valence-corrected chi connectivity index (χ4v) is 2.53. The molecule has 0 aliphatic carbocycles. The van der Waals surface area contributed by atoms with Crippen LogP contribution >= 0.6 is 12.2 Å². The molecule has 0 spiro atoms. The van der Waals surface area contributed by atoms with Crippen molar-refractivity contribution in [3.8, 4) is 0 Å². The van der Waals surface area contributed by atoms with Gasteiger partial charge in [0, 0.05) is 29.1 Å². The molecule has 0 heterocycles. The molecule has 0 aromatic heterocycles. The molecule has 0 radical (unpaired) electrons. The molecule has 2 amide bonds. The number of amides is 2. The Balaban J connectivity index is 1.87. The maximum atomic E-state index is 12.3. The van der Waals surface area contributed by atoms with Gasteiger partial charge >= 0.3 is 5.97 Å². The van der Waals surface area contributed by atoms with Gasteiger partial charge in [-0.1, -0.05) is 18.2 Å². The van der Waals surface area contributed by atoms with Gasteiger partial charge in [0.1, 0.15) is 0 Å². The fraction of sp³-hybridized carbons (Fsp3) is 0.143. The summed E-state index contributed by atoms with van der Waals surface area (Å²) in [7, 11) is 0. The first-order valence-electron chi connectivity index (χ1n) is 8.83. The molecule has 0 atom stereocenters. The average Bonchev–Trinajstić information content (AvgIpc) is 2.68. The minimum absolute atomic E-state index is 0.0696. The number of hydrogen-bond donors (Lipinski definition) is 3. The Morgan fingerprint density at radius 2 is 1.59 bits per heavy atom. The molecular formula is C21H21N3O4S. The zero-order valence-corrected chi connectivity index (χ0v) is 16.8. The van der Waals surface area contributed by atoms with Crippen molar-refractivity contribution in [2.75, 3.05) is 17.2 Å². The summed E-state index contributed by atoms with van der Waals surface area (Å²) >= 11 is 5.06. The highest BCUT2D eigenvalue weighted by Crippen LogP contribution is 2.16. The molecule has 7 nitrogen and oxygen atoms in total. The zero-order valence-electron chi connectivity index (χ0n) is 16.0. The standard InChI is InChI=1S/C21H21N3O4S/c1-3-28-19(26)13-12-18(25)24-21(29)23-16-10-8-15(9-11-16)22-20(27)17-7-5-4-6-14(17)2/h4-13H,3H2,1-2H3,(H,22,27)(H2,23,24,25,29)/b13-12+. The van der Waals surface area contributed by atoms with Gasteiger partial charge in [-0.25, -0.2) is 4.79 Å². The number of carbonyl (C=O) groups is 3. The quantitative estimate of drug-likeness (QED) is 0.384. The topological polar surface area (TPSA) is 96.5 Å². The van der Waals surface area contributed by atoms with Gasteiger partial charge in [-0.05, 0) is 62.0 Å². The molecule has 0 saturated heterocycles. The molecular weight excluding hydrogens is 390 g/mol. The summed E-state index contributed by atoms with van der Waals surface area (Å²) in [6, 6.07) is 14.2. The van der Waals surface area contributed by atoms with Gasteiger partial charge in [0.2, 0.25) is 5.91 Å². The average molecular weight is 411 g/mol. The van der Waals surface area contributed by atoms with Gasteiger partial charge in [0.25, 0.3) is 5.91 Å². The van der Waals surface area contributed by atoms with Gasteiger partial charge in [0.05, 0.1) is 6.61 Å². The smallest absolute Gasteiger partial charge is 0.330 e. The molecule has 0 aliphatic rings. The van der Waals surface area contributed by atoms with Crippen LogP contribution in [0, 0.1) is 6.92 Å². The van der Waals surface area contributed by atoms with Crippen LogP contribution in [-0.4, -0.2) is 29.5 Å². The number of rotatable bonds is 6. The third kappa shape index (κ3) is 7.19. The van der Waals surface area contributed by atoms with E-state index < -0.39 is 11.9 Å². The molecule has 2 rings (SSSR count). The summed E-state index contributed by atoms with van der Waals surface area (Å²) in [6.45, 7) is 3.77. The fourth-order valence-electron chi connectivity index (χ4n) is 2.31. The third-order valence-electron chi connectivity index (χ3n) is 3.68. The minimum Gasteiger partial charge on any atom is -0.463 e. The summed E-state index contributed by atoms with van der Waals surface area (Å²) in [6.07, 6.45) is 2.06. The lowest BCUT2D eigenvalue weighted by Crippen LogP contribution is -2.33. The maximum absolute atomic E-state index is 12.3. The predicted octanol–water partition coefficient (Wildman–Crippen LogP) is 3.18. The number of carbonyl (C=O) groups excluding carboxylic acids is 3. The Morgan fingerprint density at radius 1 is 0.966 bits per heavy atom. The molecule has 0 unspecified atom stereocenters. The predicted molar refractivity (Wildman–Crippen MR) is 116 cm³/mol. The van der Waals surface area contributed by atoms with E-state index in [0.29, 0.717) is 16.9 Å². The number of ether oxygens (including phenoxy) is 1. The molecule has 150 valence electrons. The second-order valence-corrected chi connectivity index (χ2v) is 6.28. The van der Waals surface area contributed by atoms with E-state index in [1.807, 2.05) is 25.1 Å². The Morgan fingerprint density at radius 3 is 2.21 bits per heavy atom. The van der Waals surface area contributed by atoms with Crippen LogP contribution in [0.4, 0.5) is 11.4 Å². The van der Waals surface area contributed by atoms with Crippen LogP contribution in [-0.2, 0) is 14.3 Å². The number of aryl methyl sites for hydroxylation is 1. The molecule has 0 bridgehead atoms. The molecule has 2 aromatic carbocycles. The van der Waals surface area contributed by atoms with Crippen LogP contribution in [0.25, 0.3) is 0 Å². The first-order chi connectivity index (χ1) is 13.9. The summed E-state index contributed by atoms with van der Waals surface area (Å²) < 4.78 is 4.68. The van der Waals surface area contributed by atoms with Crippen molar-refractivity contribution >= 4 is 46.5 Å². The second kappa shape index (κ2) is 10.7. The van der Waals surface area contributed by atoms with Gasteiger partial charge in [-0.2, -0.15) is 0 Å². The summed E-state index contributed by atoms with van der Waals surface area (Å²) in [5.74, 6) is -1.36. The van der Waals surface area contributed by atoms with E-state index in [1.165, 1.54) is 0 Å². The van der Waals surface area contributed by atoms with Gasteiger partial charge in [-0.15, -0.1) is 0 Å². The van der Waals surface area contributed by atoms with E-state index in [4.69, 9.17) is 12.2 Å². The van der Waals surface area contributed by atoms with Crippen molar-refractivity contribution in [1.82, 2.24) is 5.32 Å². The van der Waals surface area contributed by atoms with Crippen LogP contribution in [0.15, 0.2) is 60.7 Å². The first-order valence-corrected chi connectivity index (χ1v) is 9.23. The van der Waals surface area contributed by atoms with Crippen LogP contribution in [0.3, 0.4) is 0 Å². The third-order valence-corrected chi connectivity index (χ3v) is 3.89. The number of anilines is 2. The van der Waals surface area contributed by atoms with Crippen molar-refractivity contribution in [2.45, 2.75) is 13.8 Å². The van der Waals surface area contributed by atoms with E-state index in [9.17, 15) is 14.4 Å². The first kappa shape index (κ1) is 21.8. The van der Waals surface area contributed by atoms with E-state index in [1.54, 1.807) is 37.3 Å². The van der Waals surface area contributed by atoms with Gasteiger partial charge < -0.3 is 15.4 Å². The number of esters is 1. The van der Waals surface area contributed by atoms with Crippen LogP contribution in [0.1, 0.15) is 22.8 Å². The van der Waals surface area contributed by atoms with Crippen LogP contribution < -0.4 is 16.0 Å².